The number of halogens is 2. The van der Waals surface area contributed by atoms with Crippen molar-refractivity contribution in [1.29, 1.82) is 0 Å². The molecule has 0 bridgehead atoms. The minimum Gasteiger partial charge on any atom is -0.490 e. The molecule has 0 radical (unpaired) electrons. The second-order valence-electron chi connectivity index (χ2n) is 7.78. The van der Waals surface area contributed by atoms with E-state index in [2.05, 4.69) is 4.90 Å². The number of hydrogen-bond acceptors (Lipinski definition) is 4. The van der Waals surface area contributed by atoms with Crippen molar-refractivity contribution in [3.63, 3.8) is 0 Å². The van der Waals surface area contributed by atoms with E-state index in [4.69, 9.17) is 16.3 Å². The van der Waals surface area contributed by atoms with E-state index in [1.165, 1.54) is 0 Å². The fraction of sp³-hybridized carbons (Fsp3) is 0.333. The van der Waals surface area contributed by atoms with E-state index in [9.17, 15) is 10.2 Å². The molecule has 30 heavy (non-hydrogen) atoms. The van der Waals surface area contributed by atoms with Gasteiger partial charge in [0.05, 0.1) is 5.60 Å². The van der Waals surface area contributed by atoms with E-state index in [-0.39, 0.29) is 19.0 Å². The molecule has 0 aliphatic carbocycles. The number of hydrogen-bond donors (Lipinski definition) is 2. The SMILES string of the molecule is Cl.OC(COc1cccc2ccccc12)CN1CCC(O)(c2ccc(Cl)cc2)CC1. The van der Waals surface area contributed by atoms with Gasteiger partial charge >= 0.3 is 0 Å². The molecule has 1 aliphatic rings. The van der Waals surface area contributed by atoms with Crippen molar-refractivity contribution in [1.82, 2.24) is 4.90 Å². The summed E-state index contributed by atoms with van der Waals surface area (Å²) in [6.45, 7) is 2.22. The van der Waals surface area contributed by atoms with Crippen molar-refractivity contribution < 1.29 is 14.9 Å². The van der Waals surface area contributed by atoms with Gasteiger partial charge in [-0.3, -0.25) is 0 Å². The molecule has 0 amide bonds. The van der Waals surface area contributed by atoms with Crippen molar-refractivity contribution in [3.8, 4) is 5.75 Å². The molecule has 4 rings (SSSR count). The van der Waals surface area contributed by atoms with Crippen LogP contribution in [0.2, 0.25) is 5.02 Å². The summed E-state index contributed by atoms with van der Waals surface area (Å²) < 4.78 is 5.91. The average Bonchev–Trinajstić information content (AvgIpc) is 2.74. The first-order valence-corrected chi connectivity index (χ1v) is 10.4. The Bertz CT molecular complexity index is 951. The van der Waals surface area contributed by atoms with Crippen LogP contribution in [-0.2, 0) is 5.60 Å². The van der Waals surface area contributed by atoms with Crippen molar-refractivity contribution in [2.45, 2.75) is 24.5 Å². The maximum absolute atomic E-state index is 11.0. The second-order valence-corrected chi connectivity index (χ2v) is 8.22. The molecule has 1 unspecified atom stereocenters. The first-order chi connectivity index (χ1) is 14.0. The molecule has 6 heteroatoms. The van der Waals surface area contributed by atoms with Gasteiger partial charge in [-0.25, -0.2) is 0 Å². The summed E-state index contributed by atoms with van der Waals surface area (Å²) in [5.74, 6) is 0.790. The summed E-state index contributed by atoms with van der Waals surface area (Å²) in [6.07, 6.45) is 0.674. The number of piperidine rings is 1. The number of nitrogens with zero attached hydrogens (tertiary/aromatic N) is 1. The third-order valence-electron chi connectivity index (χ3n) is 5.71. The maximum Gasteiger partial charge on any atom is 0.127 e. The number of fused-ring (bicyclic) bond motifs is 1. The average molecular weight is 448 g/mol. The summed E-state index contributed by atoms with van der Waals surface area (Å²) in [7, 11) is 0. The van der Waals surface area contributed by atoms with Gasteiger partial charge in [-0.1, -0.05) is 60.1 Å². The third kappa shape index (κ3) is 5.26. The topological polar surface area (TPSA) is 52.9 Å². The maximum atomic E-state index is 11.0. The van der Waals surface area contributed by atoms with Crippen LogP contribution in [0.4, 0.5) is 0 Å². The Hall–Kier alpha value is -1.82. The molecule has 0 spiro atoms. The second kappa shape index (κ2) is 9.99. The lowest BCUT2D eigenvalue weighted by molar-refractivity contribution is -0.0372. The Balaban J connectivity index is 0.00000256. The lowest BCUT2D eigenvalue weighted by Crippen LogP contribution is -2.46. The van der Waals surface area contributed by atoms with Crippen molar-refractivity contribution >= 4 is 34.8 Å². The smallest absolute Gasteiger partial charge is 0.127 e. The molecule has 2 N–H and O–H groups in total. The summed E-state index contributed by atoms with van der Waals surface area (Å²) >= 11 is 5.95. The standard InChI is InChI=1S/C24H26ClNO3.ClH/c25-20-10-8-19(9-11-20)24(28)12-14-26(15-13-24)16-21(27)17-29-23-7-3-5-18-4-1-2-6-22(18)23;/h1-11,21,27-28H,12-17H2;1H. The summed E-state index contributed by atoms with van der Waals surface area (Å²) in [4.78, 5) is 2.18. The van der Waals surface area contributed by atoms with E-state index in [0.717, 1.165) is 35.2 Å². The van der Waals surface area contributed by atoms with Crippen LogP contribution in [0.5, 0.6) is 5.75 Å². The van der Waals surface area contributed by atoms with Gasteiger partial charge in [0.1, 0.15) is 18.5 Å². The van der Waals surface area contributed by atoms with Crippen LogP contribution in [0.25, 0.3) is 10.8 Å². The van der Waals surface area contributed by atoms with Crippen molar-refractivity contribution in [2.75, 3.05) is 26.2 Å². The van der Waals surface area contributed by atoms with E-state index in [1.54, 1.807) is 0 Å². The molecule has 160 valence electrons. The van der Waals surface area contributed by atoms with Gasteiger partial charge in [0.15, 0.2) is 0 Å². The summed E-state index contributed by atoms with van der Waals surface area (Å²) in [6, 6.07) is 21.4. The molecule has 3 aromatic carbocycles. The molecule has 3 aromatic rings. The van der Waals surface area contributed by atoms with Gasteiger partial charge < -0.3 is 19.8 Å². The number of ether oxygens (including phenoxy) is 1. The normalized spacial score (nSPS) is 17.3. The van der Waals surface area contributed by atoms with Gasteiger partial charge in [0.2, 0.25) is 0 Å². The highest BCUT2D eigenvalue weighted by Gasteiger charge is 2.34. The van der Waals surface area contributed by atoms with Crippen LogP contribution < -0.4 is 4.74 Å². The molecule has 1 saturated heterocycles. The predicted molar refractivity (Wildman–Crippen MR) is 124 cm³/mol. The molecule has 1 heterocycles. The first kappa shape index (κ1) is 22.9. The number of aliphatic hydroxyl groups excluding tert-OH is 1. The van der Waals surface area contributed by atoms with Crippen molar-refractivity contribution in [3.05, 3.63) is 77.3 Å². The van der Waals surface area contributed by atoms with E-state index < -0.39 is 11.7 Å². The number of aliphatic hydroxyl groups is 2. The Morgan fingerprint density at radius 1 is 0.967 bits per heavy atom. The molecular weight excluding hydrogens is 421 g/mol. The zero-order valence-corrected chi connectivity index (χ0v) is 18.3. The zero-order chi connectivity index (χ0) is 20.3. The zero-order valence-electron chi connectivity index (χ0n) is 16.7. The highest BCUT2D eigenvalue weighted by atomic mass is 35.5. The predicted octanol–water partition coefficient (Wildman–Crippen LogP) is 4.64. The van der Waals surface area contributed by atoms with E-state index in [0.29, 0.717) is 24.4 Å². The summed E-state index contributed by atoms with van der Waals surface area (Å²) in [5, 5.41) is 24.3. The van der Waals surface area contributed by atoms with Crippen LogP contribution in [0.3, 0.4) is 0 Å². The van der Waals surface area contributed by atoms with E-state index >= 15 is 0 Å². The highest BCUT2D eigenvalue weighted by Crippen LogP contribution is 2.33. The monoisotopic (exact) mass is 447 g/mol. The van der Waals surface area contributed by atoms with Crippen LogP contribution in [-0.4, -0.2) is 47.5 Å². The molecular formula is C24H27Cl2NO3. The van der Waals surface area contributed by atoms with E-state index in [1.807, 2.05) is 66.7 Å². The Morgan fingerprint density at radius 3 is 2.37 bits per heavy atom. The lowest BCUT2D eigenvalue weighted by Gasteiger charge is -2.39. The molecule has 1 fully saturated rings. The largest absolute Gasteiger partial charge is 0.490 e. The molecule has 1 atom stereocenters. The fourth-order valence-electron chi connectivity index (χ4n) is 4.01. The quantitative estimate of drug-likeness (QED) is 0.577. The highest BCUT2D eigenvalue weighted by molar-refractivity contribution is 6.30. The number of β-amino-alcohol motifs (C(OH)–C–C–N with tert-alkyl or cyclic N) is 1. The van der Waals surface area contributed by atoms with Crippen LogP contribution >= 0.6 is 24.0 Å². The molecule has 0 aromatic heterocycles. The van der Waals surface area contributed by atoms with Gasteiger partial charge in [-0.15, -0.1) is 12.4 Å². The van der Waals surface area contributed by atoms with Gasteiger partial charge in [-0.2, -0.15) is 0 Å². The van der Waals surface area contributed by atoms with Gasteiger partial charge in [-0.05, 0) is 42.0 Å². The Labute approximate surface area is 188 Å². The van der Waals surface area contributed by atoms with Crippen molar-refractivity contribution in [2.24, 2.45) is 0 Å². The van der Waals surface area contributed by atoms with Crippen LogP contribution in [0.15, 0.2) is 66.7 Å². The summed E-state index contributed by atoms with van der Waals surface area (Å²) in [5.41, 5.74) is 0.0762. The minimum atomic E-state index is -0.828. The fourth-order valence-corrected chi connectivity index (χ4v) is 4.14. The first-order valence-electron chi connectivity index (χ1n) is 10.0. The minimum absolute atomic E-state index is 0. The Kier molecular flexibility index (Phi) is 7.61. The van der Waals surface area contributed by atoms with Gasteiger partial charge in [0.25, 0.3) is 0 Å². The van der Waals surface area contributed by atoms with Crippen LogP contribution in [0.1, 0.15) is 18.4 Å². The van der Waals surface area contributed by atoms with Gasteiger partial charge in [0, 0.05) is 30.0 Å². The lowest BCUT2D eigenvalue weighted by atomic mass is 9.84. The van der Waals surface area contributed by atoms with Crippen LogP contribution in [0, 0.1) is 0 Å². The Morgan fingerprint density at radius 2 is 1.63 bits per heavy atom. The number of likely N-dealkylation sites (tertiary alicyclic amines) is 1. The third-order valence-corrected chi connectivity index (χ3v) is 5.97. The number of benzene rings is 3. The number of rotatable bonds is 6. The molecule has 0 saturated carbocycles. The molecule has 4 nitrogen and oxygen atoms in total. The molecule has 1 aliphatic heterocycles.